The molecule has 0 fully saturated rings. The number of amides is 1. The first-order valence-electron chi connectivity index (χ1n) is 8.01. The molecule has 0 aromatic heterocycles. The number of nitrogens with two attached hydrogens (primary N) is 1. The molecule has 0 saturated heterocycles. The van der Waals surface area contributed by atoms with Gasteiger partial charge in [0.2, 0.25) is 5.91 Å². The molecule has 0 aliphatic rings. The molecule has 5 heteroatoms. The Labute approximate surface area is 148 Å². The summed E-state index contributed by atoms with van der Waals surface area (Å²) in [5.74, 6) is 0.721. The van der Waals surface area contributed by atoms with E-state index in [4.69, 9.17) is 22.1 Å². The van der Waals surface area contributed by atoms with Crippen LogP contribution in [0.1, 0.15) is 24.5 Å². The summed E-state index contributed by atoms with van der Waals surface area (Å²) in [6, 6.07) is 15.2. The molecule has 24 heavy (non-hydrogen) atoms. The van der Waals surface area contributed by atoms with Crippen molar-refractivity contribution in [3.05, 3.63) is 64.7 Å². The highest BCUT2D eigenvalue weighted by atomic mass is 35.5. The smallest absolute Gasteiger partial charge is 0.224 e. The normalized spacial score (nSPS) is 11.8. The Kier molecular flexibility index (Phi) is 7.09. The molecule has 0 aliphatic carbocycles. The minimum atomic E-state index is -0.0114. The van der Waals surface area contributed by atoms with E-state index >= 15 is 0 Å². The van der Waals surface area contributed by atoms with Crippen LogP contribution in [0.4, 0.5) is 0 Å². The quantitative estimate of drug-likeness (QED) is 0.770. The van der Waals surface area contributed by atoms with Crippen molar-refractivity contribution in [3.63, 3.8) is 0 Å². The Hall–Kier alpha value is -2.04. The lowest BCUT2D eigenvalue weighted by Crippen LogP contribution is -2.29. The van der Waals surface area contributed by atoms with Crippen molar-refractivity contribution >= 4 is 17.5 Å². The number of carbonyl (C=O) groups is 1. The second kappa shape index (κ2) is 9.30. The van der Waals surface area contributed by atoms with Crippen molar-refractivity contribution in [1.82, 2.24) is 5.32 Å². The van der Waals surface area contributed by atoms with Gasteiger partial charge in [0.25, 0.3) is 0 Å². The van der Waals surface area contributed by atoms with E-state index in [1.807, 2.05) is 55.5 Å². The Morgan fingerprint density at radius 2 is 1.96 bits per heavy atom. The number of hydrogen-bond donors (Lipinski definition) is 2. The first-order chi connectivity index (χ1) is 11.5. The predicted octanol–water partition coefficient (Wildman–Crippen LogP) is 3.32. The van der Waals surface area contributed by atoms with Crippen molar-refractivity contribution in [3.8, 4) is 5.75 Å². The molecule has 2 aromatic carbocycles. The molecule has 0 heterocycles. The summed E-state index contributed by atoms with van der Waals surface area (Å²) in [4.78, 5) is 11.9. The van der Waals surface area contributed by atoms with Gasteiger partial charge in [0.1, 0.15) is 12.4 Å². The Morgan fingerprint density at radius 1 is 1.21 bits per heavy atom. The molecule has 0 bridgehead atoms. The van der Waals surface area contributed by atoms with Crippen LogP contribution in [0, 0.1) is 0 Å². The summed E-state index contributed by atoms with van der Waals surface area (Å²) in [7, 11) is 0. The third-order valence-electron chi connectivity index (χ3n) is 3.48. The van der Waals surface area contributed by atoms with Gasteiger partial charge in [-0.25, -0.2) is 0 Å². The third kappa shape index (κ3) is 6.60. The number of hydrogen-bond acceptors (Lipinski definition) is 3. The van der Waals surface area contributed by atoms with Crippen molar-refractivity contribution in [2.75, 3.05) is 6.54 Å². The molecule has 0 saturated carbocycles. The van der Waals surface area contributed by atoms with E-state index in [9.17, 15) is 4.79 Å². The summed E-state index contributed by atoms with van der Waals surface area (Å²) in [6.07, 6.45) is 1.10. The first-order valence-corrected chi connectivity index (χ1v) is 8.39. The van der Waals surface area contributed by atoms with E-state index in [1.165, 1.54) is 0 Å². The maximum absolute atomic E-state index is 11.9. The van der Waals surface area contributed by atoms with Gasteiger partial charge in [0.05, 0.1) is 6.42 Å². The van der Waals surface area contributed by atoms with Gasteiger partial charge < -0.3 is 15.8 Å². The van der Waals surface area contributed by atoms with Gasteiger partial charge in [0, 0.05) is 17.6 Å². The molecular formula is C19H23ClN2O2. The molecule has 1 unspecified atom stereocenters. The predicted molar refractivity (Wildman–Crippen MR) is 97.2 cm³/mol. The van der Waals surface area contributed by atoms with Crippen LogP contribution in [0.5, 0.6) is 5.75 Å². The zero-order valence-electron chi connectivity index (χ0n) is 13.8. The fourth-order valence-electron chi connectivity index (χ4n) is 2.23. The molecule has 3 N–H and O–H groups in total. The van der Waals surface area contributed by atoms with Crippen molar-refractivity contribution in [2.24, 2.45) is 5.73 Å². The molecule has 2 aromatic rings. The average Bonchev–Trinajstić information content (AvgIpc) is 2.53. The van der Waals surface area contributed by atoms with Gasteiger partial charge in [-0.2, -0.15) is 0 Å². The maximum Gasteiger partial charge on any atom is 0.224 e. The van der Waals surface area contributed by atoms with Gasteiger partial charge >= 0.3 is 0 Å². The molecule has 128 valence electrons. The van der Waals surface area contributed by atoms with Crippen LogP contribution in [0.25, 0.3) is 0 Å². The van der Waals surface area contributed by atoms with E-state index in [0.717, 1.165) is 23.3 Å². The Morgan fingerprint density at radius 3 is 2.71 bits per heavy atom. The van der Waals surface area contributed by atoms with Crippen LogP contribution in [0.3, 0.4) is 0 Å². The monoisotopic (exact) mass is 346 g/mol. The number of rotatable bonds is 8. The lowest BCUT2D eigenvalue weighted by molar-refractivity contribution is -0.120. The fraction of sp³-hybridized carbons (Fsp3) is 0.316. The van der Waals surface area contributed by atoms with Gasteiger partial charge in [-0.05, 0) is 48.7 Å². The molecule has 1 atom stereocenters. The van der Waals surface area contributed by atoms with Crippen LogP contribution in [0.2, 0.25) is 5.02 Å². The highest BCUT2D eigenvalue weighted by Crippen LogP contribution is 2.17. The van der Waals surface area contributed by atoms with Crippen LogP contribution in [-0.4, -0.2) is 18.5 Å². The second-order valence-electron chi connectivity index (χ2n) is 5.86. The molecule has 0 radical (unpaired) electrons. The zero-order valence-corrected chi connectivity index (χ0v) is 14.6. The number of nitrogens with one attached hydrogen (secondary N) is 1. The summed E-state index contributed by atoms with van der Waals surface area (Å²) in [6.45, 7) is 2.96. The largest absolute Gasteiger partial charge is 0.489 e. The molecular weight excluding hydrogens is 324 g/mol. The van der Waals surface area contributed by atoms with Gasteiger partial charge in [-0.3, -0.25) is 4.79 Å². The lowest BCUT2D eigenvalue weighted by Gasteiger charge is -2.10. The summed E-state index contributed by atoms with van der Waals surface area (Å²) in [5, 5.41) is 3.56. The molecule has 2 rings (SSSR count). The second-order valence-corrected chi connectivity index (χ2v) is 6.30. The molecule has 4 nitrogen and oxygen atoms in total. The highest BCUT2D eigenvalue weighted by Gasteiger charge is 2.05. The standard InChI is InChI=1S/C19H23ClN2O2/c1-14(21)8-9-22-19(23)12-15-4-3-7-18(11-15)24-13-16-5-2-6-17(20)10-16/h2-7,10-11,14H,8-9,12-13,21H2,1H3,(H,22,23). The topological polar surface area (TPSA) is 64.3 Å². The SMILES string of the molecule is CC(N)CCNC(=O)Cc1cccc(OCc2cccc(Cl)c2)c1. The summed E-state index contributed by atoms with van der Waals surface area (Å²) >= 11 is 5.96. The minimum Gasteiger partial charge on any atom is -0.489 e. The Balaban J connectivity index is 1.85. The van der Waals surface area contributed by atoms with E-state index in [1.54, 1.807) is 0 Å². The van der Waals surface area contributed by atoms with Crippen LogP contribution in [-0.2, 0) is 17.8 Å². The number of carbonyl (C=O) groups excluding carboxylic acids is 1. The van der Waals surface area contributed by atoms with E-state index in [2.05, 4.69) is 5.32 Å². The van der Waals surface area contributed by atoms with Gasteiger partial charge in [-0.1, -0.05) is 35.9 Å². The maximum atomic E-state index is 11.9. The average molecular weight is 347 g/mol. The third-order valence-corrected chi connectivity index (χ3v) is 3.71. The van der Waals surface area contributed by atoms with Gasteiger partial charge in [-0.15, -0.1) is 0 Å². The summed E-state index contributed by atoms with van der Waals surface area (Å²) in [5.41, 5.74) is 7.58. The highest BCUT2D eigenvalue weighted by molar-refractivity contribution is 6.30. The number of halogens is 1. The lowest BCUT2D eigenvalue weighted by atomic mass is 10.1. The number of benzene rings is 2. The minimum absolute atomic E-state index is 0.0114. The Bertz CT molecular complexity index is 674. The van der Waals surface area contributed by atoms with E-state index in [-0.39, 0.29) is 11.9 Å². The van der Waals surface area contributed by atoms with E-state index in [0.29, 0.717) is 24.6 Å². The van der Waals surface area contributed by atoms with Crippen LogP contribution >= 0.6 is 11.6 Å². The van der Waals surface area contributed by atoms with E-state index < -0.39 is 0 Å². The van der Waals surface area contributed by atoms with Crippen LogP contribution in [0.15, 0.2) is 48.5 Å². The molecule has 0 aliphatic heterocycles. The number of ether oxygens (including phenoxy) is 1. The first kappa shape index (κ1) is 18.3. The van der Waals surface area contributed by atoms with Crippen molar-refractivity contribution < 1.29 is 9.53 Å². The van der Waals surface area contributed by atoms with Crippen LogP contribution < -0.4 is 15.8 Å². The van der Waals surface area contributed by atoms with Gasteiger partial charge in [0.15, 0.2) is 0 Å². The van der Waals surface area contributed by atoms with Crippen molar-refractivity contribution in [2.45, 2.75) is 32.4 Å². The zero-order chi connectivity index (χ0) is 17.4. The summed E-state index contributed by atoms with van der Waals surface area (Å²) < 4.78 is 5.78. The molecule has 0 spiro atoms. The fourth-order valence-corrected chi connectivity index (χ4v) is 2.44. The molecule has 1 amide bonds. The van der Waals surface area contributed by atoms with Crippen molar-refractivity contribution in [1.29, 1.82) is 0 Å².